The zero-order chi connectivity index (χ0) is 13.8. The van der Waals surface area contributed by atoms with Crippen LogP contribution in [0, 0.1) is 13.8 Å². The van der Waals surface area contributed by atoms with Gasteiger partial charge in [-0.05, 0) is 30.7 Å². The number of carbonyl (C=O) groups excluding carboxylic acids is 1. The third-order valence-corrected chi connectivity index (χ3v) is 2.78. The van der Waals surface area contributed by atoms with E-state index in [1.54, 1.807) is 0 Å². The fourth-order valence-corrected chi connectivity index (χ4v) is 1.89. The Kier molecular flexibility index (Phi) is 3.88. The Bertz CT molecular complexity index is 558. The predicted octanol–water partition coefficient (Wildman–Crippen LogP) is 0.535. The fraction of sp³-hybridized carbons (Fsp3) is 0.545. The average Bonchev–Trinajstić information content (AvgIpc) is 2.94. The molecule has 0 spiro atoms. The third kappa shape index (κ3) is 2.95. The van der Waals surface area contributed by atoms with Crippen molar-refractivity contribution in [1.82, 2.24) is 30.0 Å². The number of nitrogens with one attached hydrogen (secondary N) is 1. The quantitative estimate of drug-likeness (QED) is 0.850. The molecule has 0 saturated carbocycles. The summed E-state index contributed by atoms with van der Waals surface area (Å²) < 4.78 is 3.28. The number of hydrogen-bond donors (Lipinski definition) is 1. The molecule has 2 aromatic heterocycles. The summed E-state index contributed by atoms with van der Waals surface area (Å²) in [5.74, 6) is -0.172. The topological polar surface area (TPSA) is 90.5 Å². The Labute approximate surface area is 110 Å². The second-order valence-electron chi connectivity index (χ2n) is 4.32. The van der Waals surface area contributed by atoms with Gasteiger partial charge in [-0.15, -0.1) is 5.10 Å². The number of nitrogens with zero attached hydrogens (tertiary/aromatic N) is 6. The van der Waals surface area contributed by atoms with Gasteiger partial charge in [0, 0.05) is 6.54 Å². The summed E-state index contributed by atoms with van der Waals surface area (Å²) in [5, 5.41) is 17.9. The van der Waals surface area contributed by atoms with Gasteiger partial charge in [-0.1, -0.05) is 6.92 Å². The molecule has 2 heterocycles. The maximum Gasteiger partial charge on any atom is 0.246 e. The molecule has 0 fully saturated rings. The number of aryl methyl sites for hydroxylation is 2. The van der Waals surface area contributed by atoms with Crippen LogP contribution in [0.15, 0.2) is 6.33 Å². The zero-order valence-electron chi connectivity index (χ0n) is 11.3. The summed E-state index contributed by atoms with van der Waals surface area (Å²) in [6, 6.07) is 0. The van der Waals surface area contributed by atoms with E-state index in [1.807, 2.05) is 18.5 Å². The van der Waals surface area contributed by atoms with E-state index >= 15 is 0 Å². The van der Waals surface area contributed by atoms with Gasteiger partial charge in [-0.25, -0.2) is 4.68 Å². The second kappa shape index (κ2) is 5.59. The minimum Gasteiger partial charge on any atom is -0.321 e. The van der Waals surface area contributed by atoms with E-state index in [1.165, 1.54) is 11.0 Å². The van der Waals surface area contributed by atoms with Crippen LogP contribution in [0.4, 0.5) is 5.69 Å². The lowest BCUT2D eigenvalue weighted by Gasteiger charge is -2.06. The molecule has 2 aromatic rings. The van der Waals surface area contributed by atoms with Crippen LogP contribution < -0.4 is 5.32 Å². The van der Waals surface area contributed by atoms with Crippen molar-refractivity contribution < 1.29 is 4.79 Å². The highest BCUT2D eigenvalue weighted by Gasteiger charge is 2.14. The van der Waals surface area contributed by atoms with Gasteiger partial charge in [-0.2, -0.15) is 5.10 Å². The number of amides is 1. The summed E-state index contributed by atoms with van der Waals surface area (Å²) in [7, 11) is 0. The third-order valence-electron chi connectivity index (χ3n) is 2.78. The molecule has 8 heteroatoms. The van der Waals surface area contributed by atoms with Crippen molar-refractivity contribution in [3.63, 3.8) is 0 Å². The van der Waals surface area contributed by atoms with Crippen LogP contribution in [0.3, 0.4) is 0 Å². The predicted molar refractivity (Wildman–Crippen MR) is 68.4 cm³/mol. The molecule has 0 bridgehead atoms. The summed E-state index contributed by atoms with van der Waals surface area (Å²) in [4.78, 5) is 11.9. The molecule has 0 saturated heterocycles. The minimum absolute atomic E-state index is 0.0881. The van der Waals surface area contributed by atoms with Crippen molar-refractivity contribution in [3.05, 3.63) is 17.7 Å². The highest BCUT2D eigenvalue weighted by molar-refractivity contribution is 5.91. The Balaban J connectivity index is 2.08. The van der Waals surface area contributed by atoms with E-state index in [0.29, 0.717) is 0 Å². The van der Waals surface area contributed by atoms with Crippen molar-refractivity contribution in [2.45, 2.75) is 40.3 Å². The highest BCUT2D eigenvalue weighted by Crippen LogP contribution is 2.19. The zero-order valence-corrected chi connectivity index (χ0v) is 11.3. The molecule has 8 nitrogen and oxygen atoms in total. The van der Waals surface area contributed by atoms with Crippen LogP contribution in [0.25, 0.3) is 0 Å². The maximum atomic E-state index is 11.9. The molecule has 19 heavy (non-hydrogen) atoms. The standard InChI is InChI=1S/C11H17N7O/c1-4-5-18-9(3)11(8(2)14-18)13-10(19)6-17-7-12-15-16-17/h7H,4-6H2,1-3H3,(H,13,19). The average molecular weight is 263 g/mol. The van der Waals surface area contributed by atoms with Gasteiger partial charge in [0.15, 0.2) is 0 Å². The van der Waals surface area contributed by atoms with E-state index in [9.17, 15) is 4.79 Å². The molecule has 2 rings (SSSR count). The number of rotatable bonds is 5. The summed E-state index contributed by atoms with van der Waals surface area (Å²) in [6.07, 6.45) is 2.40. The number of hydrogen-bond acceptors (Lipinski definition) is 5. The van der Waals surface area contributed by atoms with E-state index < -0.39 is 0 Å². The van der Waals surface area contributed by atoms with Gasteiger partial charge >= 0.3 is 0 Å². The number of aromatic nitrogens is 6. The van der Waals surface area contributed by atoms with Gasteiger partial charge in [0.05, 0.1) is 17.1 Å². The van der Waals surface area contributed by atoms with E-state index in [4.69, 9.17) is 0 Å². The summed E-state index contributed by atoms with van der Waals surface area (Å²) >= 11 is 0. The molecule has 0 aromatic carbocycles. The van der Waals surface area contributed by atoms with Crippen molar-refractivity contribution in [2.75, 3.05) is 5.32 Å². The Morgan fingerprint density at radius 2 is 2.21 bits per heavy atom. The molecule has 0 radical (unpaired) electrons. The van der Waals surface area contributed by atoms with Crippen molar-refractivity contribution in [3.8, 4) is 0 Å². The van der Waals surface area contributed by atoms with Gasteiger partial charge in [0.1, 0.15) is 12.9 Å². The Hall–Kier alpha value is -2.25. The minimum atomic E-state index is -0.172. The SMILES string of the molecule is CCCn1nc(C)c(NC(=O)Cn2cnnn2)c1C. The fourth-order valence-electron chi connectivity index (χ4n) is 1.89. The van der Waals surface area contributed by atoms with Crippen molar-refractivity contribution in [2.24, 2.45) is 0 Å². The highest BCUT2D eigenvalue weighted by atomic mass is 16.2. The molecule has 0 unspecified atom stereocenters. The maximum absolute atomic E-state index is 11.9. The van der Waals surface area contributed by atoms with Gasteiger partial charge in [-0.3, -0.25) is 9.48 Å². The molecule has 0 aliphatic heterocycles. The number of tetrazole rings is 1. The monoisotopic (exact) mass is 263 g/mol. The molecular formula is C11H17N7O. The van der Waals surface area contributed by atoms with Crippen LogP contribution >= 0.6 is 0 Å². The molecule has 102 valence electrons. The molecule has 0 aliphatic rings. The smallest absolute Gasteiger partial charge is 0.246 e. The van der Waals surface area contributed by atoms with E-state index in [2.05, 4.69) is 32.9 Å². The first-order valence-electron chi connectivity index (χ1n) is 6.16. The first-order valence-corrected chi connectivity index (χ1v) is 6.16. The van der Waals surface area contributed by atoms with Crippen LogP contribution in [0.5, 0.6) is 0 Å². The van der Waals surface area contributed by atoms with Gasteiger partial charge in [0.25, 0.3) is 0 Å². The first kappa shape index (κ1) is 13.2. The Morgan fingerprint density at radius 1 is 1.42 bits per heavy atom. The largest absolute Gasteiger partial charge is 0.321 e. The van der Waals surface area contributed by atoms with Gasteiger partial charge in [0.2, 0.25) is 5.91 Å². The summed E-state index contributed by atoms with van der Waals surface area (Å²) in [6.45, 7) is 6.85. The molecular weight excluding hydrogens is 246 g/mol. The Morgan fingerprint density at radius 3 is 2.84 bits per heavy atom. The number of carbonyl (C=O) groups is 1. The molecule has 0 atom stereocenters. The van der Waals surface area contributed by atoms with Crippen LogP contribution in [-0.2, 0) is 17.9 Å². The van der Waals surface area contributed by atoms with Crippen LogP contribution in [0.1, 0.15) is 24.7 Å². The molecule has 0 aliphatic carbocycles. The second-order valence-corrected chi connectivity index (χ2v) is 4.32. The van der Waals surface area contributed by atoms with Crippen molar-refractivity contribution >= 4 is 11.6 Å². The molecule has 1 amide bonds. The lowest BCUT2D eigenvalue weighted by molar-refractivity contribution is -0.116. The van der Waals surface area contributed by atoms with Crippen LogP contribution in [0.2, 0.25) is 0 Å². The normalized spacial score (nSPS) is 10.7. The first-order chi connectivity index (χ1) is 9.11. The van der Waals surface area contributed by atoms with Gasteiger partial charge < -0.3 is 5.32 Å². The van der Waals surface area contributed by atoms with E-state index in [-0.39, 0.29) is 12.5 Å². The summed E-state index contributed by atoms with van der Waals surface area (Å²) in [5.41, 5.74) is 2.55. The molecule has 1 N–H and O–H groups in total. The van der Waals surface area contributed by atoms with E-state index in [0.717, 1.165) is 30.0 Å². The van der Waals surface area contributed by atoms with Crippen LogP contribution in [-0.4, -0.2) is 35.9 Å². The lowest BCUT2D eigenvalue weighted by Crippen LogP contribution is -2.20. The lowest BCUT2D eigenvalue weighted by atomic mass is 10.3. The van der Waals surface area contributed by atoms with Crippen molar-refractivity contribution in [1.29, 1.82) is 0 Å². The number of anilines is 1.